The maximum atomic E-state index is 15.2. The third-order valence-electron chi connectivity index (χ3n) is 10.2. The monoisotopic (exact) mass is 534 g/mol. The lowest BCUT2D eigenvalue weighted by molar-refractivity contribution is 0.00675. The van der Waals surface area contributed by atoms with Gasteiger partial charge in [0.1, 0.15) is 5.82 Å². The molecule has 0 amide bonds. The first-order valence-corrected chi connectivity index (χ1v) is 16.3. The minimum absolute atomic E-state index is 0.0451. The van der Waals surface area contributed by atoms with Gasteiger partial charge in [-0.1, -0.05) is 49.7 Å². The van der Waals surface area contributed by atoms with Crippen LogP contribution in [0.2, 0.25) is 0 Å². The first kappa shape index (κ1) is 28.8. The van der Waals surface area contributed by atoms with Crippen molar-refractivity contribution in [3.05, 3.63) is 59.4 Å². The maximum Gasteiger partial charge on any atom is 0.127 e. The minimum atomic E-state index is -0.0451. The summed E-state index contributed by atoms with van der Waals surface area (Å²) in [6.45, 7) is 6.02. The summed E-state index contributed by atoms with van der Waals surface area (Å²) in [5.41, 5.74) is 4.47. The van der Waals surface area contributed by atoms with Gasteiger partial charge in [0.2, 0.25) is 0 Å². The Morgan fingerprint density at radius 1 is 0.641 bits per heavy atom. The highest BCUT2D eigenvalue weighted by Crippen LogP contribution is 2.44. The van der Waals surface area contributed by atoms with Crippen molar-refractivity contribution >= 4 is 0 Å². The Balaban J connectivity index is 1.10. The van der Waals surface area contributed by atoms with Crippen molar-refractivity contribution in [1.82, 2.24) is 0 Å². The third-order valence-corrected chi connectivity index (χ3v) is 10.2. The molecule has 0 unspecified atom stereocenters. The van der Waals surface area contributed by atoms with Gasteiger partial charge in [-0.2, -0.15) is 0 Å². The van der Waals surface area contributed by atoms with Crippen LogP contribution in [0.1, 0.15) is 127 Å². The van der Waals surface area contributed by atoms with Crippen molar-refractivity contribution in [1.29, 1.82) is 0 Å². The van der Waals surface area contributed by atoms with Crippen molar-refractivity contribution < 1.29 is 13.9 Å². The molecule has 5 rings (SSSR count). The second-order valence-electron chi connectivity index (χ2n) is 12.7. The van der Waals surface area contributed by atoms with E-state index in [0.717, 1.165) is 67.4 Å². The van der Waals surface area contributed by atoms with Gasteiger partial charge in [-0.3, -0.25) is 0 Å². The molecular weight excluding hydrogens is 483 g/mol. The first-order chi connectivity index (χ1) is 19.1. The zero-order valence-electron chi connectivity index (χ0n) is 24.5. The second-order valence-corrected chi connectivity index (χ2v) is 12.7. The highest BCUT2D eigenvalue weighted by atomic mass is 19.1. The molecule has 0 saturated heterocycles. The molecule has 39 heavy (non-hydrogen) atoms. The number of ether oxygens (including phenoxy) is 2. The molecule has 0 bridgehead atoms. The van der Waals surface area contributed by atoms with Crippen LogP contribution in [0.5, 0.6) is 0 Å². The lowest BCUT2D eigenvalue weighted by atomic mass is 9.69. The highest BCUT2D eigenvalue weighted by molar-refractivity contribution is 5.64. The van der Waals surface area contributed by atoms with Crippen LogP contribution in [0.15, 0.2) is 42.5 Å². The fourth-order valence-electron chi connectivity index (χ4n) is 7.81. The SMILES string of the molecule is CCCCOC1CCC(C2CCC(c3ccc(-c4ccc(C5CCC(OCC)CC5)c(F)c4)cc3)CC2)CC1. The molecule has 214 valence electrons. The predicted octanol–water partition coefficient (Wildman–Crippen LogP) is 10.2. The first-order valence-electron chi connectivity index (χ1n) is 16.3. The summed E-state index contributed by atoms with van der Waals surface area (Å²) in [7, 11) is 0. The van der Waals surface area contributed by atoms with E-state index in [-0.39, 0.29) is 5.82 Å². The van der Waals surface area contributed by atoms with E-state index in [1.165, 1.54) is 69.8 Å². The average molecular weight is 535 g/mol. The number of unbranched alkanes of at least 4 members (excludes halogenated alkanes) is 1. The van der Waals surface area contributed by atoms with E-state index in [0.29, 0.717) is 24.0 Å². The molecular formula is C36H51FO2. The zero-order valence-corrected chi connectivity index (χ0v) is 24.5. The van der Waals surface area contributed by atoms with Gasteiger partial charge in [0.15, 0.2) is 0 Å². The highest BCUT2D eigenvalue weighted by Gasteiger charge is 2.31. The molecule has 3 fully saturated rings. The van der Waals surface area contributed by atoms with Gasteiger partial charge < -0.3 is 9.47 Å². The number of rotatable bonds is 10. The molecule has 0 heterocycles. The summed E-state index contributed by atoms with van der Waals surface area (Å²) in [6.07, 6.45) is 18.1. The molecule has 0 aromatic heterocycles. The molecule has 3 heteroatoms. The van der Waals surface area contributed by atoms with E-state index >= 15 is 4.39 Å². The summed E-state index contributed by atoms with van der Waals surface area (Å²) >= 11 is 0. The second kappa shape index (κ2) is 14.3. The summed E-state index contributed by atoms with van der Waals surface area (Å²) in [5, 5.41) is 0. The van der Waals surface area contributed by atoms with E-state index < -0.39 is 0 Å². The van der Waals surface area contributed by atoms with Crippen molar-refractivity contribution in [2.24, 2.45) is 11.8 Å². The third kappa shape index (κ3) is 7.53. The fourth-order valence-corrected chi connectivity index (χ4v) is 7.81. The van der Waals surface area contributed by atoms with Crippen LogP contribution in [0.4, 0.5) is 4.39 Å². The lowest BCUT2D eigenvalue weighted by Crippen LogP contribution is -2.28. The topological polar surface area (TPSA) is 18.5 Å². The summed E-state index contributed by atoms with van der Waals surface area (Å²) < 4.78 is 27.1. The minimum Gasteiger partial charge on any atom is -0.379 e. The van der Waals surface area contributed by atoms with Gasteiger partial charge in [0, 0.05) is 13.2 Å². The number of hydrogen-bond donors (Lipinski definition) is 0. The molecule has 3 saturated carbocycles. The molecule has 0 radical (unpaired) electrons. The van der Waals surface area contributed by atoms with Gasteiger partial charge in [-0.15, -0.1) is 0 Å². The Hall–Kier alpha value is -1.71. The Kier molecular flexibility index (Phi) is 10.5. The quantitative estimate of drug-likeness (QED) is 0.282. The van der Waals surface area contributed by atoms with Crippen LogP contribution >= 0.6 is 0 Å². The summed E-state index contributed by atoms with van der Waals surface area (Å²) in [6, 6.07) is 15.0. The van der Waals surface area contributed by atoms with E-state index in [1.54, 1.807) is 6.07 Å². The van der Waals surface area contributed by atoms with E-state index in [4.69, 9.17) is 9.47 Å². The normalized spacial score (nSPS) is 29.8. The van der Waals surface area contributed by atoms with Crippen molar-refractivity contribution in [2.75, 3.05) is 13.2 Å². The van der Waals surface area contributed by atoms with Crippen LogP contribution < -0.4 is 0 Å². The number of benzene rings is 2. The van der Waals surface area contributed by atoms with Crippen molar-refractivity contribution in [3.8, 4) is 11.1 Å². The van der Waals surface area contributed by atoms with E-state index in [1.807, 2.05) is 6.07 Å². The zero-order chi connectivity index (χ0) is 27.0. The summed E-state index contributed by atoms with van der Waals surface area (Å²) in [5.74, 6) is 2.78. The smallest absolute Gasteiger partial charge is 0.127 e. The number of halogens is 1. The largest absolute Gasteiger partial charge is 0.379 e. The summed E-state index contributed by atoms with van der Waals surface area (Å²) in [4.78, 5) is 0. The van der Waals surface area contributed by atoms with Crippen LogP contribution in [0.25, 0.3) is 11.1 Å². The van der Waals surface area contributed by atoms with Gasteiger partial charge >= 0.3 is 0 Å². The Morgan fingerprint density at radius 2 is 1.21 bits per heavy atom. The molecule has 0 aliphatic heterocycles. The molecule has 2 aromatic rings. The molecule has 0 N–H and O–H groups in total. The van der Waals surface area contributed by atoms with Crippen molar-refractivity contribution in [2.45, 2.75) is 128 Å². The van der Waals surface area contributed by atoms with Gasteiger partial charge in [0.05, 0.1) is 12.2 Å². The lowest BCUT2D eigenvalue weighted by Gasteiger charge is -2.38. The van der Waals surface area contributed by atoms with Crippen LogP contribution in [-0.4, -0.2) is 25.4 Å². The fraction of sp³-hybridized carbons (Fsp3) is 0.667. The Bertz CT molecular complexity index is 993. The molecule has 0 atom stereocenters. The molecule has 3 aliphatic carbocycles. The van der Waals surface area contributed by atoms with Crippen molar-refractivity contribution in [3.63, 3.8) is 0 Å². The molecule has 2 nitrogen and oxygen atoms in total. The van der Waals surface area contributed by atoms with E-state index in [2.05, 4.69) is 44.2 Å². The average Bonchev–Trinajstić information content (AvgIpc) is 2.99. The van der Waals surface area contributed by atoms with E-state index in [9.17, 15) is 0 Å². The molecule has 2 aromatic carbocycles. The van der Waals surface area contributed by atoms with Crippen LogP contribution in [0, 0.1) is 17.7 Å². The van der Waals surface area contributed by atoms with Gasteiger partial charge in [-0.25, -0.2) is 4.39 Å². The van der Waals surface area contributed by atoms with Gasteiger partial charge in [-0.05, 0) is 142 Å². The standard InChI is InChI=1S/C36H51FO2/c1-3-5-24-39-34-19-14-29(15-20-34)28-8-6-26(7-9-28)27-10-12-30(13-11-27)32-18-23-35(36(37)25-32)31-16-21-33(22-17-31)38-4-2/h10-13,18,23,25-26,28-29,31,33-34H,3-9,14-17,19-22,24H2,1-2H3. The Labute approximate surface area is 237 Å². The predicted molar refractivity (Wildman–Crippen MR) is 160 cm³/mol. The van der Waals surface area contributed by atoms with Crippen LogP contribution in [0.3, 0.4) is 0 Å². The maximum absolute atomic E-state index is 15.2. The molecule has 3 aliphatic rings. The number of hydrogen-bond acceptors (Lipinski definition) is 2. The van der Waals surface area contributed by atoms with Crippen LogP contribution in [-0.2, 0) is 9.47 Å². The van der Waals surface area contributed by atoms with Gasteiger partial charge in [0.25, 0.3) is 0 Å². The molecule has 0 spiro atoms. The Morgan fingerprint density at radius 3 is 1.82 bits per heavy atom.